The topological polar surface area (TPSA) is 55.4 Å². The van der Waals surface area contributed by atoms with Crippen molar-refractivity contribution in [1.82, 2.24) is 0 Å². The zero-order valence-electron chi connectivity index (χ0n) is 24.8. The van der Waals surface area contributed by atoms with Crippen LogP contribution in [0.4, 0.5) is 0 Å². The molecule has 0 fully saturated rings. The summed E-state index contributed by atoms with van der Waals surface area (Å²) in [5.41, 5.74) is 4.68. The van der Waals surface area contributed by atoms with Gasteiger partial charge in [-0.05, 0) is 71.2 Å². The Hall–Kier alpha value is -1.42. The quantitative estimate of drug-likeness (QED) is 0.124. The smallest absolute Gasteiger partial charge is 0.146 e. The first-order chi connectivity index (χ1) is 17.9. The van der Waals surface area contributed by atoms with E-state index >= 15 is 0 Å². The van der Waals surface area contributed by atoms with Crippen LogP contribution in [0.2, 0.25) is 0 Å². The Morgan fingerprint density at radius 3 is 1.26 bits per heavy atom. The number of methoxy groups -OCH3 is 2. The van der Waals surface area contributed by atoms with Crippen molar-refractivity contribution in [1.29, 1.82) is 0 Å². The highest BCUT2D eigenvalue weighted by molar-refractivity contribution is 8.76. The fourth-order valence-electron chi connectivity index (χ4n) is 3.74. The second-order valence-electron chi connectivity index (χ2n) is 11.2. The maximum absolute atomic E-state index is 6.06. The van der Waals surface area contributed by atoms with Gasteiger partial charge >= 0.3 is 0 Å². The van der Waals surface area contributed by atoms with Crippen molar-refractivity contribution in [3.8, 4) is 11.5 Å². The first kappa shape index (κ1) is 32.8. The molecule has 6 nitrogen and oxygen atoms in total. The molecule has 0 saturated heterocycles. The third-order valence-electron chi connectivity index (χ3n) is 5.76. The molecule has 0 radical (unpaired) electrons. The zero-order valence-corrected chi connectivity index (χ0v) is 26.5. The molecule has 0 bridgehead atoms. The first-order valence-corrected chi connectivity index (χ1v) is 15.1. The van der Waals surface area contributed by atoms with E-state index < -0.39 is 0 Å². The third kappa shape index (κ3) is 10.3. The van der Waals surface area contributed by atoms with Crippen LogP contribution in [0.1, 0.15) is 63.8 Å². The molecule has 0 aliphatic rings. The van der Waals surface area contributed by atoms with Crippen molar-refractivity contribution in [2.45, 2.75) is 76.0 Å². The van der Waals surface area contributed by atoms with Gasteiger partial charge in [-0.2, -0.15) is 0 Å². The van der Waals surface area contributed by atoms with E-state index in [4.69, 9.17) is 28.4 Å². The van der Waals surface area contributed by atoms with Crippen molar-refractivity contribution >= 4 is 21.6 Å². The molecule has 0 N–H and O–H groups in total. The van der Waals surface area contributed by atoms with Crippen LogP contribution in [0, 0.1) is 13.8 Å². The van der Waals surface area contributed by atoms with Gasteiger partial charge in [0, 0.05) is 24.0 Å². The molecule has 8 heteroatoms. The number of rotatable bonds is 15. The minimum absolute atomic E-state index is 0.0351. The summed E-state index contributed by atoms with van der Waals surface area (Å²) in [5.74, 6) is 1.79. The van der Waals surface area contributed by atoms with Crippen LogP contribution < -0.4 is 9.47 Å². The number of hydrogen-bond acceptors (Lipinski definition) is 8. The predicted molar refractivity (Wildman–Crippen MR) is 158 cm³/mol. The molecule has 0 atom stereocenters. The summed E-state index contributed by atoms with van der Waals surface area (Å²) in [7, 11) is 6.83. The van der Waals surface area contributed by atoms with E-state index in [-0.39, 0.29) is 24.4 Å². The fraction of sp³-hybridized carbons (Fsp3) is 0.600. The van der Waals surface area contributed by atoms with Crippen molar-refractivity contribution in [3.05, 3.63) is 46.5 Å². The van der Waals surface area contributed by atoms with Gasteiger partial charge in [-0.1, -0.05) is 63.1 Å². The molecular weight excluding hydrogens is 520 g/mol. The van der Waals surface area contributed by atoms with Gasteiger partial charge in [0.05, 0.1) is 13.2 Å². The molecular formula is C30H46O6S2. The van der Waals surface area contributed by atoms with Gasteiger partial charge in [0.25, 0.3) is 0 Å². The summed E-state index contributed by atoms with van der Waals surface area (Å²) in [6.07, 6.45) is 0. The minimum Gasteiger partial charge on any atom is -0.491 e. The highest BCUT2D eigenvalue weighted by Gasteiger charge is 2.24. The summed E-state index contributed by atoms with van der Waals surface area (Å²) in [6.45, 7) is 20.1. The average Bonchev–Trinajstić information content (AvgIpc) is 2.82. The molecule has 0 aliphatic carbocycles. The number of hydrogen-bond donors (Lipinski definition) is 0. The molecule has 2 rings (SSSR count). The molecule has 38 heavy (non-hydrogen) atoms. The number of aryl methyl sites for hydroxylation is 2. The Balaban J connectivity index is 2.26. The van der Waals surface area contributed by atoms with Crippen molar-refractivity contribution in [2.75, 3.05) is 54.2 Å². The van der Waals surface area contributed by atoms with E-state index in [1.807, 2.05) is 0 Å². The van der Waals surface area contributed by atoms with Crippen molar-refractivity contribution < 1.29 is 28.4 Å². The van der Waals surface area contributed by atoms with Gasteiger partial charge in [0.2, 0.25) is 0 Å². The summed E-state index contributed by atoms with van der Waals surface area (Å²) in [4.78, 5) is 2.49. The van der Waals surface area contributed by atoms with Crippen LogP contribution >= 0.6 is 21.6 Å². The maximum atomic E-state index is 6.06. The number of benzene rings is 2. The van der Waals surface area contributed by atoms with Gasteiger partial charge in [-0.25, -0.2) is 0 Å². The summed E-state index contributed by atoms with van der Waals surface area (Å²) in [6, 6.07) is 8.86. The van der Waals surface area contributed by atoms with E-state index in [9.17, 15) is 0 Å². The molecule has 2 aromatic carbocycles. The molecule has 0 heterocycles. The molecule has 214 valence electrons. The Morgan fingerprint density at radius 1 is 0.579 bits per heavy atom. The highest BCUT2D eigenvalue weighted by atomic mass is 33.1. The Morgan fingerprint density at radius 2 is 0.947 bits per heavy atom. The lowest BCUT2D eigenvalue weighted by Crippen LogP contribution is -2.15. The second-order valence-corrected chi connectivity index (χ2v) is 13.4. The molecule has 0 aromatic heterocycles. The normalized spacial score (nSPS) is 12.2. The monoisotopic (exact) mass is 566 g/mol. The third-order valence-corrected chi connectivity index (χ3v) is 8.21. The zero-order chi connectivity index (χ0) is 28.3. The van der Waals surface area contributed by atoms with E-state index in [0.717, 1.165) is 22.6 Å². The molecule has 2 aromatic rings. The summed E-state index contributed by atoms with van der Waals surface area (Å²) < 4.78 is 32.7. The minimum atomic E-state index is -0.0351. The molecule has 0 aliphatic heterocycles. The molecule has 0 spiro atoms. The van der Waals surface area contributed by atoms with Crippen LogP contribution in [0.25, 0.3) is 0 Å². The van der Waals surface area contributed by atoms with E-state index in [1.54, 1.807) is 35.8 Å². The largest absolute Gasteiger partial charge is 0.491 e. The Bertz CT molecular complexity index is 930. The second kappa shape index (κ2) is 15.4. The SMILES string of the molecule is COCOCCOc1cc(C(C)(C)C)c(SSc2cc(C)c(OCCOCOC)cc2C(C)(C)C)cc1C. The lowest BCUT2D eigenvalue weighted by Gasteiger charge is -2.26. The summed E-state index contributed by atoms with van der Waals surface area (Å²) in [5, 5.41) is 0. The van der Waals surface area contributed by atoms with E-state index in [1.165, 1.54) is 20.9 Å². The van der Waals surface area contributed by atoms with Gasteiger partial charge < -0.3 is 28.4 Å². The van der Waals surface area contributed by atoms with Crippen LogP contribution in [0.3, 0.4) is 0 Å². The lowest BCUT2D eigenvalue weighted by atomic mass is 9.86. The lowest BCUT2D eigenvalue weighted by molar-refractivity contribution is -0.0389. The van der Waals surface area contributed by atoms with E-state index in [0.29, 0.717) is 26.4 Å². The van der Waals surface area contributed by atoms with Crippen LogP contribution in [0.15, 0.2) is 34.1 Å². The average molecular weight is 567 g/mol. The Labute approximate surface area is 237 Å². The Kier molecular flexibility index (Phi) is 13.3. The maximum Gasteiger partial charge on any atom is 0.146 e. The van der Waals surface area contributed by atoms with Gasteiger partial charge in [-0.3, -0.25) is 0 Å². The molecule has 0 unspecified atom stereocenters. The predicted octanol–water partition coefficient (Wildman–Crippen LogP) is 7.70. The molecule has 0 amide bonds. The van der Waals surface area contributed by atoms with E-state index in [2.05, 4.69) is 79.7 Å². The standard InChI is InChI=1S/C30H46O6S2/c1-21-15-27(23(29(3,4)5)17-25(21)35-13-11-33-19-31-9)37-38-28-16-22(2)26(18-24(28)30(6,7)8)36-14-12-34-20-32-10/h15-18H,11-14,19-20H2,1-10H3. The van der Waals surface area contributed by atoms with Gasteiger partial charge in [0.15, 0.2) is 0 Å². The number of ether oxygens (including phenoxy) is 6. The van der Waals surface area contributed by atoms with Crippen LogP contribution in [-0.2, 0) is 29.8 Å². The van der Waals surface area contributed by atoms with Crippen molar-refractivity contribution in [2.24, 2.45) is 0 Å². The van der Waals surface area contributed by atoms with Crippen LogP contribution in [-0.4, -0.2) is 54.2 Å². The summed E-state index contributed by atoms with van der Waals surface area (Å²) >= 11 is 0. The van der Waals surface area contributed by atoms with Crippen LogP contribution in [0.5, 0.6) is 11.5 Å². The van der Waals surface area contributed by atoms with Gasteiger partial charge in [-0.15, -0.1) is 0 Å². The van der Waals surface area contributed by atoms with Gasteiger partial charge in [0.1, 0.15) is 38.3 Å². The highest BCUT2D eigenvalue weighted by Crippen LogP contribution is 2.48. The molecule has 0 saturated carbocycles. The van der Waals surface area contributed by atoms with Crippen molar-refractivity contribution in [3.63, 3.8) is 0 Å². The fourth-order valence-corrected chi connectivity index (χ4v) is 6.64. The first-order valence-electron chi connectivity index (χ1n) is 12.9.